The number of rotatable bonds is 7. The van der Waals surface area contributed by atoms with Crippen LogP contribution in [0, 0.1) is 11.3 Å². The summed E-state index contributed by atoms with van der Waals surface area (Å²) in [6.45, 7) is 1.35. The van der Waals surface area contributed by atoms with Gasteiger partial charge in [-0.15, -0.1) is 0 Å². The van der Waals surface area contributed by atoms with Crippen LogP contribution in [0.15, 0.2) is 18.2 Å². The molecule has 5 heteroatoms. The standard InChI is InChI=1S/C22H33ClN2O2.CH4/c1-25(2)14-18(26)11-17-7-8-20(23)19(12-17)21(27)24-15-22-9-3-5-16(13-22)6-4-10-22;/h7-8,12,16,18,26H,3-6,9-11,13-15H2,1-2H3,(H,24,27);1H4/t16?,18-,22?;/m1./s1. The van der Waals surface area contributed by atoms with Gasteiger partial charge in [0.05, 0.1) is 16.7 Å². The van der Waals surface area contributed by atoms with E-state index < -0.39 is 6.10 Å². The lowest BCUT2D eigenvalue weighted by molar-refractivity contribution is 0.0681. The molecule has 0 saturated heterocycles. The molecule has 1 atom stereocenters. The molecule has 0 unspecified atom stereocenters. The third-order valence-corrected chi connectivity index (χ3v) is 6.64. The van der Waals surface area contributed by atoms with Gasteiger partial charge in [0.1, 0.15) is 0 Å². The smallest absolute Gasteiger partial charge is 0.252 e. The van der Waals surface area contributed by atoms with Crippen LogP contribution in [0.25, 0.3) is 0 Å². The van der Waals surface area contributed by atoms with Crippen LogP contribution in [0.2, 0.25) is 5.02 Å². The van der Waals surface area contributed by atoms with E-state index in [0.29, 0.717) is 29.0 Å². The minimum absolute atomic E-state index is 0. The Morgan fingerprint density at radius 3 is 2.64 bits per heavy atom. The van der Waals surface area contributed by atoms with Gasteiger partial charge in [-0.25, -0.2) is 0 Å². The number of halogens is 1. The highest BCUT2D eigenvalue weighted by atomic mass is 35.5. The molecular formula is C23H37ClN2O2. The van der Waals surface area contributed by atoms with Gasteiger partial charge in [0.15, 0.2) is 0 Å². The molecule has 2 aliphatic rings. The van der Waals surface area contributed by atoms with Crippen molar-refractivity contribution in [1.82, 2.24) is 10.2 Å². The molecule has 1 amide bonds. The Morgan fingerprint density at radius 2 is 2.00 bits per heavy atom. The van der Waals surface area contributed by atoms with Crippen LogP contribution in [0.5, 0.6) is 0 Å². The number of carbonyl (C=O) groups excluding carboxylic acids is 1. The summed E-state index contributed by atoms with van der Waals surface area (Å²) in [5.41, 5.74) is 1.75. The summed E-state index contributed by atoms with van der Waals surface area (Å²) in [4.78, 5) is 14.8. The maximum Gasteiger partial charge on any atom is 0.252 e. The molecule has 2 bridgehead atoms. The number of nitrogens with zero attached hydrogens (tertiary/aromatic N) is 1. The maximum atomic E-state index is 12.8. The summed E-state index contributed by atoms with van der Waals surface area (Å²) >= 11 is 6.30. The van der Waals surface area contributed by atoms with Crippen LogP contribution in [0.4, 0.5) is 0 Å². The van der Waals surface area contributed by atoms with Crippen molar-refractivity contribution in [3.8, 4) is 0 Å². The molecule has 0 aliphatic heterocycles. The van der Waals surface area contributed by atoms with Crippen molar-refractivity contribution in [2.45, 2.75) is 64.9 Å². The molecule has 2 N–H and O–H groups in total. The highest BCUT2D eigenvalue weighted by Gasteiger charge is 2.39. The van der Waals surface area contributed by atoms with E-state index in [9.17, 15) is 9.90 Å². The molecule has 158 valence electrons. The molecule has 2 fully saturated rings. The van der Waals surface area contributed by atoms with E-state index in [1.54, 1.807) is 6.07 Å². The highest BCUT2D eigenvalue weighted by Crippen LogP contribution is 2.48. The molecule has 0 radical (unpaired) electrons. The Labute approximate surface area is 175 Å². The normalized spacial score (nSPS) is 25.1. The lowest BCUT2D eigenvalue weighted by Crippen LogP contribution is -2.43. The summed E-state index contributed by atoms with van der Waals surface area (Å²) in [5.74, 6) is 0.764. The van der Waals surface area contributed by atoms with Crippen LogP contribution >= 0.6 is 11.6 Å². The fraction of sp³-hybridized carbons (Fsp3) is 0.696. The number of nitrogens with one attached hydrogen (secondary N) is 1. The van der Waals surface area contributed by atoms with Crippen LogP contribution < -0.4 is 5.32 Å². The third-order valence-electron chi connectivity index (χ3n) is 6.31. The summed E-state index contributed by atoms with van der Waals surface area (Å²) in [6.07, 6.45) is 9.08. The molecule has 1 aromatic rings. The highest BCUT2D eigenvalue weighted by molar-refractivity contribution is 6.33. The first kappa shape index (κ1) is 23.2. The van der Waals surface area contributed by atoms with Gasteiger partial charge in [-0.1, -0.05) is 50.8 Å². The zero-order valence-electron chi connectivity index (χ0n) is 16.6. The number of amides is 1. The molecule has 3 rings (SSSR count). The van der Waals surface area contributed by atoms with E-state index in [-0.39, 0.29) is 13.3 Å². The van der Waals surface area contributed by atoms with Crippen LogP contribution in [-0.2, 0) is 6.42 Å². The summed E-state index contributed by atoms with van der Waals surface area (Å²) in [5, 5.41) is 13.8. The van der Waals surface area contributed by atoms with E-state index in [4.69, 9.17) is 11.6 Å². The zero-order valence-corrected chi connectivity index (χ0v) is 17.4. The molecule has 4 nitrogen and oxygen atoms in total. The molecule has 28 heavy (non-hydrogen) atoms. The number of fused-ring (bicyclic) bond motifs is 2. The Hall–Kier alpha value is -1.10. The molecule has 0 spiro atoms. The number of benzene rings is 1. The number of hydrogen-bond donors (Lipinski definition) is 2. The average Bonchev–Trinajstić information content (AvgIpc) is 2.61. The van der Waals surface area contributed by atoms with Crippen molar-refractivity contribution in [2.75, 3.05) is 27.2 Å². The Balaban J connectivity index is 0.00000280. The topological polar surface area (TPSA) is 52.6 Å². The van der Waals surface area contributed by atoms with Crippen LogP contribution in [0.3, 0.4) is 0 Å². The zero-order chi connectivity index (χ0) is 19.4. The van der Waals surface area contributed by atoms with Gasteiger partial charge in [0.25, 0.3) is 5.91 Å². The molecule has 2 aliphatic carbocycles. The van der Waals surface area contributed by atoms with Gasteiger partial charge in [-0.3, -0.25) is 4.79 Å². The Bertz CT molecular complexity index is 652. The van der Waals surface area contributed by atoms with E-state index in [2.05, 4.69) is 5.32 Å². The number of carbonyl (C=O) groups is 1. The summed E-state index contributed by atoms with van der Waals surface area (Å²) in [6, 6.07) is 5.49. The van der Waals surface area contributed by atoms with Gasteiger partial charge >= 0.3 is 0 Å². The molecular weight excluding hydrogens is 372 g/mol. The van der Waals surface area contributed by atoms with Crippen molar-refractivity contribution in [3.05, 3.63) is 34.3 Å². The molecule has 0 heterocycles. The van der Waals surface area contributed by atoms with Crippen molar-refractivity contribution >= 4 is 17.5 Å². The third kappa shape index (κ3) is 5.95. The Kier molecular flexibility index (Phi) is 8.35. The first-order chi connectivity index (χ1) is 12.9. The second-order valence-electron chi connectivity index (χ2n) is 8.97. The predicted octanol–water partition coefficient (Wildman–Crippen LogP) is 4.53. The number of aliphatic hydroxyl groups excluding tert-OH is 1. The predicted molar refractivity (Wildman–Crippen MR) is 117 cm³/mol. The summed E-state index contributed by atoms with van der Waals surface area (Å²) in [7, 11) is 3.87. The average molecular weight is 409 g/mol. The van der Waals surface area contributed by atoms with E-state index in [1.807, 2.05) is 31.1 Å². The number of likely N-dealkylation sites (N-methyl/N-ethyl adjacent to an activating group) is 1. The quantitative estimate of drug-likeness (QED) is 0.696. The second-order valence-corrected chi connectivity index (χ2v) is 9.38. The first-order valence-corrected chi connectivity index (χ1v) is 10.6. The van der Waals surface area contributed by atoms with Gasteiger partial charge in [-0.2, -0.15) is 0 Å². The number of aliphatic hydroxyl groups is 1. The van der Waals surface area contributed by atoms with Gasteiger partial charge in [-0.05, 0) is 68.8 Å². The SMILES string of the molecule is C.CN(C)C[C@H](O)Cc1ccc(Cl)c(C(=O)NCC23CCCC(CCC2)C3)c1. The largest absolute Gasteiger partial charge is 0.391 e. The fourth-order valence-electron chi connectivity index (χ4n) is 5.06. The van der Waals surface area contributed by atoms with Crippen molar-refractivity contribution < 1.29 is 9.90 Å². The number of hydrogen-bond acceptors (Lipinski definition) is 3. The van der Waals surface area contributed by atoms with Crippen molar-refractivity contribution in [3.63, 3.8) is 0 Å². The van der Waals surface area contributed by atoms with E-state index in [1.165, 1.54) is 44.9 Å². The van der Waals surface area contributed by atoms with Crippen LogP contribution in [0.1, 0.15) is 68.3 Å². The Morgan fingerprint density at radius 1 is 1.32 bits per heavy atom. The minimum Gasteiger partial charge on any atom is -0.391 e. The minimum atomic E-state index is -0.461. The van der Waals surface area contributed by atoms with Gasteiger partial charge in [0, 0.05) is 13.1 Å². The van der Waals surface area contributed by atoms with Gasteiger partial charge < -0.3 is 15.3 Å². The fourth-order valence-corrected chi connectivity index (χ4v) is 5.27. The molecule has 2 saturated carbocycles. The maximum absolute atomic E-state index is 12.8. The van der Waals surface area contributed by atoms with Crippen molar-refractivity contribution in [1.29, 1.82) is 0 Å². The van der Waals surface area contributed by atoms with E-state index >= 15 is 0 Å². The molecule has 1 aromatic carbocycles. The van der Waals surface area contributed by atoms with Gasteiger partial charge in [0.2, 0.25) is 0 Å². The summed E-state index contributed by atoms with van der Waals surface area (Å²) < 4.78 is 0. The lowest BCUT2D eigenvalue weighted by Gasteiger charge is -2.45. The molecule has 0 aromatic heterocycles. The van der Waals surface area contributed by atoms with E-state index in [0.717, 1.165) is 18.0 Å². The van der Waals surface area contributed by atoms with Crippen molar-refractivity contribution in [2.24, 2.45) is 11.3 Å². The van der Waals surface area contributed by atoms with Crippen LogP contribution in [-0.4, -0.2) is 49.2 Å². The lowest BCUT2D eigenvalue weighted by atomic mass is 9.62. The first-order valence-electron chi connectivity index (χ1n) is 10.3. The monoisotopic (exact) mass is 408 g/mol. The second kappa shape index (κ2) is 10.1.